The summed E-state index contributed by atoms with van der Waals surface area (Å²) in [4.78, 5) is 10.8. The van der Waals surface area contributed by atoms with Crippen molar-refractivity contribution in [3.63, 3.8) is 0 Å². The van der Waals surface area contributed by atoms with Crippen LogP contribution in [0.3, 0.4) is 0 Å². The molecule has 66 valence electrons. The van der Waals surface area contributed by atoms with Crippen LogP contribution in [0.1, 0.15) is 12.5 Å². The van der Waals surface area contributed by atoms with Crippen LogP contribution in [0.15, 0.2) is 24.3 Å². The molecule has 0 radical (unpaired) electrons. The van der Waals surface area contributed by atoms with E-state index in [4.69, 9.17) is 0 Å². The van der Waals surface area contributed by atoms with Crippen molar-refractivity contribution in [2.75, 3.05) is 0 Å². The molecule has 0 aliphatic rings. The maximum atomic E-state index is 10.8. The van der Waals surface area contributed by atoms with Crippen LogP contribution < -0.4 is 5.30 Å². The highest BCUT2D eigenvalue weighted by molar-refractivity contribution is 7.27. The van der Waals surface area contributed by atoms with Gasteiger partial charge in [-0.2, -0.15) is 0 Å². The van der Waals surface area contributed by atoms with Crippen LogP contribution in [-0.2, 0) is 11.2 Å². The van der Waals surface area contributed by atoms with Crippen LogP contribution >= 0.6 is 21.6 Å². The topological polar surface area (TPSA) is 17.1 Å². The van der Waals surface area contributed by atoms with Gasteiger partial charge in [0.1, 0.15) is 5.78 Å². The molecular weight excluding hydrogens is 191 g/mol. The monoisotopic (exact) mass is 202 g/mol. The summed E-state index contributed by atoms with van der Waals surface area (Å²) in [5.74, 6) is 0.208. The second-order valence-corrected chi connectivity index (χ2v) is 3.20. The number of Topliss-reactive ketones (excluding diaryl/α,β-unsaturated/α-hetero) is 1. The van der Waals surface area contributed by atoms with Gasteiger partial charge in [0.15, 0.2) is 0 Å². The molecule has 1 rings (SSSR count). The molecule has 0 spiro atoms. The predicted octanol–water partition coefficient (Wildman–Crippen LogP) is 1.74. The molecule has 1 nitrogen and oxygen atoms in total. The standard InChI is InChI=1S/C9H11OP.ClH/c1-7(10)6-8-4-2-3-5-9(8)11;/h2-5H,6,11H2,1H3;1H. The quantitative estimate of drug-likeness (QED) is 0.668. The van der Waals surface area contributed by atoms with Crippen molar-refractivity contribution in [1.82, 2.24) is 0 Å². The van der Waals surface area contributed by atoms with E-state index in [0.717, 1.165) is 10.9 Å². The largest absolute Gasteiger partial charge is 0.300 e. The Bertz CT molecular complexity index is 273. The zero-order valence-electron chi connectivity index (χ0n) is 6.91. The summed E-state index contributed by atoms with van der Waals surface area (Å²) in [6, 6.07) is 7.88. The number of hydrogen-bond donors (Lipinski definition) is 0. The van der Waals surface area contributed by atoms with Gasteiger partial charge in [-0.25, -0.2) is 0 Å². The Hall–Kier alpha value is -0.390. The van der Waals surface area contributed by atoms with Gasteiger partial charge in [0.25, 0.3) is 0 Å². The lowest BCUT2D eigenvalue weighted by Gasteiger charge is -2.00. The number of hydrogen-bond acceptors (Lipinski definition) is 1. The average molecular weight is 203 g/mol. The van der Waals surface area contributed by atoms with Crippen LogP contribution in [-0.4, -0.2) is 5.78 Å². The number of ketones is 1. The number of carbonyl (C=O) groups is 1. The van der Waals surface area contributed by atoms with Crippen molar-refractivity contribution >= 4 is 32.7 Å². The summed E-state index contributed by atoms with van der Waals surface area (Å²) in [7, 11) is 2.62. The fourth-order valence-corrected chi connectivity index (χ4v) is 1.27. The van der Waals surface area contributed by atoms with Crippen molar-refractivity contribution in [1.29, 1.82) is 0 Å². The second-order valence-electron chi connectivity index (χ2n) is 2.58. The van der Waals surface area contributed by atoms with E-state index in [1.165, 1.54) is 0 Å². The first-order valence-electron chi connectivity index (χ1n) is 3.53. The zero-order valence-corrected chi connectivity index (χ0v) is 8.88. The van der Waals surface area contributed by atoms with Gasteiger partial charge in [-0.3, -0.25) is 4.79 Å². The van der Waals surface area contributed by atoms with Crippen LogP contribution in [0.2, 0.25) is 0 Å². The van der Waals surface area contributed by atoms with Crippen LogP contribution in [0.25, 0.3) is 0 Å². The van der Waals surface area contributed by atoms with E-state index in [0.29, 0.717) is 6.42 Å². The summed E-state index contributed by atoms with van der Waals surface area (Å²) >= 11 is 0. The molecule has 1 unspecified atom stereocenters. The highest BCUT2D eigenvalue weighted by atomic mass is 35.5. The van der Waals surface area contributed by atoms with Gasteiger partial charge in [-0.1, -0.05) is 24.3 Å². The maximum absolute atomic E-state index is 10.8. The van der Waals surface area contributed by atoms with Crippen molar-refractivity contribution in [2.24, 2.45) is 0 Å². The van der Waals surface area contributed by atoms with E-state index >= 15 is 0 Å². The first kappa shape index (κ1) is 11.6. The van der Waals surface area contributed by atoms with Gasteiger partial charge < -0.3 is 0 Å². The molecule has 0 saturated heterocycles. The Labute approximate surface area is 81.2 Å². The minimum atomic E-state index is 0. The molecule has 1 aromatic rings. The molecule has 0 aliphatic carbocycles. The van der Waals surface area contributed by atoms with Gasteiger partial charge >= 0.3 is 0 Å². The van der Waals surface area contributed by atoms with Crippen molar-refractivity contribution in [3.05, 3.63) is 29.8 Å². The minimum Gasteiger partial charge on any atom is -0.300 e. The predicted molar refractivity (Wildman–Crippen MR) is 57.4 cm³/mol. The number of carbonyl (C=O) groups excluding carboxylic acids is 1. The Morgan fingerprint density at radius 2 is 2.00 bits per heavy atom. The third-order valence-electron chi connectivity index (χ3n) is 1.49. The average Bonchev–Trinajstić information content (AvgIpc) is 1.93. The fourth-order valence-electron chi connectivity index (χ4n) is 0.963. The van der Waals surface area contributed by atoms with Crippen molar-refractivity contribution in [3.8, 4) is 0 Å². The number of benzene rings is 1. The SMILES string of the molecule is CC(=O)Cc1ccccc1P.Cl. The zero-order chi connectivity index (χ0) is 8.27. The van der Waals surface area contributed by atoms with Crippen LogP contribution in [0.5, 0.6) is 0 Å². The van der Waals surface area contributed by atoms with Gasteiger partial charge in [-0.05, 0) is 17.8 Å². The van der Waals surface area contributed by atoms with Gasteiger partial charge in [0.2, 0.25) is 0 Å². The molecule has 0 aromatic heterocycles. The molecule has 0 fully saturated rings. The molecule has 0 bridgehead atoms. The lowest BCUT2D eigenvalue weighted by molar-refractivity contribution is -0.116. The highest BCUT2D eigenvalue weighted by Crippen LogP contribution is 2.01. The van der Waals surface area contributed by atoms with Gasteiger partial charge in [0.05, 0.1) is 0 Å². The van der Waals surface area contributed by atoms with Crippen molar-refractivity contribution in [2.45, 2.75) is 13.3 Å². The van der Waals surface area contributed by atoms with Crippen LogP contribution in [0.4, 0.5) is 0 Å². The Balaban J connectivity index is 0.00000121. The minimum absolute atomic E-state index is 0. The molecule has 0 N–H and O–H groups in total. The molecule has 0 heterocycles. The Morgan fingerprint density at radius 3 is 2.50 bits per heavy atom. The summed E-state index contributed by atoms with van der Waals surface area (Å²) in [5.41, 5.74) is 1.10. The Kier molecular flexibility index (Phi) is 5.12. The molecule has 1 aromatic carbocycles. The molecule has 12 heavy (non-hydrogen) atoms. The molecule has 3 heteroatoms. The molecule has 1 atom stereocenters. The van der Waals surface area contributed by atoms with E-state index < -0.39 is 0 Å². The fraction of sp³-hybridized carbons (Fsp3) is 0.222. The second kappa shape index (κ2) is 5.29. The number of rotatable bonds is 2. The van der Waals surface area contributed by atoms with Gasteiger partial charge in [0, 0.05) is 6.42 Å². The molecule has 0 amide bonds. The molecule has 0 saturated carbocycles. The van der Waals surface area contributed by atoms with E-state index in [1.807, 2.05) is 24.3 Å². The molecule has 0 aliphatic heterocycles. The van der Waals surface area contributed by atoms with Crippen LogP contribution in [0, 0.1) is 0 Å². The lowest BCUT2D eigenvalue weighted by Crippen LogP contribution is -2.05. The van der Waals surface area contributed by atoms with Gasteiger partial charge in [-0.15, -0.1) is 21.6 Å². The van der Waals surface area contributed by atoms with E-state index in [-0.39, 0.29) is 18.2 Å². The Morgan fingerprint density at radius 1 is 1.42 bits per heavy atom. The summed E-state index contributed by atoms with van der Waals surface area (Å²) < 4.78 is 0. The lowest BCUT2D eigenvalue weighted by atomic mass is 10.1. The normalized spacial score (nSPS) is 8.83. The highest BCUT2D eigenvalue weighted by Gasteiger charge is 1.98. The van der Waals surface area contributed by atoms with E-state index in [2.05, 4.69) is 9.24 Å². The van der Waals surface area contributed by atoms with E-state index in [9.17, 15) is 4.79 Å². The third-order valence-corrected chi connectivity index (χ3v) is 2.06. The smallest absolute Gasteiger partial charge is 0.134 e. The van der Waals surface area contributed by atoms with Crippen molar-refractivity contribution < 1.29 is 4.79 Å². The summed E-state index contributed by atoms with van der Waals surface area (Å²) in [6.45, 7) is 1.61. The first-order chi connectivity index (χ1) is 5.20. The molecular formula is C9H12ClOP. The summed E-state index contributed by atoms with van der Waals surface area (Å²) in [5, 5.41) is 1.11. The maximum Gasteiger partial charge on any atom is 0.134 e. The van der Waals surface area contributed by atoms with E-state index in [1.54, 1.807) is 6.92 Å². The third kappa shape index (κ3) is 3.34. The number of halogens is 1. The first-order valence-corrected chi connectivity index (χ1v) is 4.10. The summed E-state index contributed by atoms with van der Waals surface area (Å²) in [6.07, 6.45) is 0.541.